The third-order valence-corrected chi connectivity index (χ3v) is 5.42. The second-order valence-electron chi connectivity index (χ2n) is 6.09. The van der Waals surface area contributed by atoms with E-state index < -0.39 is 10.0 Å². The average molecular weight is 263 g/mol. The lowest BCUT2D eigenvalue weighted by atomic mass is 9.93. The minimum absolute atomic E-state index is 0.0499. The molecule has 0 unspecified atom stereocenters. The van der Waals surface area contributed by atoms with Gasteiger partial charge < -0.3 is 5.11 Å². The zero-order valence-corrected chi connectivity index (χ0v) is 12.0. The predicted molar refractivity (Wildman–Crippen MR) is 69.3 cm³/mol. The summed E-state index contributed by atoms with van der Waals surface area (Å²) in [7, 11) is -3.19. The molecule has 1 aliphatic rings. The van der Waals surface area contributed by atoms with Crippen LogP contribution in [0.3, 0.4) is 0 Å². The van der Waals surface area contributed by atoms with E-state index in [1.807, 2.05) is 20.8 Å². The Balaban J connectivity index is 2.73. The number of sulfonamides is 1. The van der Waals surface area contributed by atoms with Gasteiger partial charge in [0, 0.05) is 19.2 Å². The number of hydrogen-bond acceptors (Lipinski definition) is 3. The predicted octanol–water partition coefficient (Wildman–Crippen LogP) is 1.60. The molecule has 5 heteroatoms. The Morgan fingerprint density at radius 1 is 1.29 bits per heavy atom. The molecule has 0 heterocycles. The maximum atomic E-state index is 12.3. The highest BCUT2D eigenvalue weighted by Gasteiger charge is 2.35. The largest absolute Gasteiger partial charge is 0.396 e. The Hall–Kier alpha value is -0.130. The summed E-state index contributed by atoms with van der Waals surface area (Å²) in [4.78, 5) is 0. The summed E-state index contributed by atoms with van der Waals surface area (Å²) in [6.07, 6.45) is 3.58. The fraction of sp³-hybridized carbons (Fsp3) is 1.00. The summed E-state index contributed by atoms with van der Waals surface area (Å²) in [5, 5.41) is 8.86. The third-order valence-electron chi connectivity index (χ3n) is 2.99. The van der Waals surface area contributed by atoms with Gasteiger partial charge in [0.2, 0.25) is 10.0 Å². The highest BCUT2D eigenvalue weighted by Crippen LogP contribution is 2.29. The van der Waals surface area contributed by atoms with E-state index in [1.165, 1.54) is 0 Å². The van der Waals surface area contributed by atoms with Crippen LogP contribution in [-0.4, -0.2) is 42.8 Å². The molecule has 0 bridgehead atoms. The zero-order valence-electron chi connectivity index (χ0n) is 11.1. The Morgan fingerprint density at radius 2 is 1.88 bits per heavy atom. The Morgan fingerprint density at radius 3 is 2.24 bits per heavy atom. The molecule has 17 heavy (non-hydrogen) atoms. The molecule has 0 spiro atoms. The molecule has 0 aromatic carbocycles. The Bertz CT molecular complexity index is 328. The summed E-state index contributed by atoms with van der Waals surface area (Å²) in [6, 6.07) is 0.175. The molecule has 1 saturated carbocycles. The number of nitrogens with zero attached hydrogens (tertiary/aromatic N) is 1. The van der Waals surface area contributed by atoms with Crippen LogP contribution in [0.25, 0.3) is 0 Å². The normalized spacial score (nSPS) is 18.4. The van der Waals surface area contributed by atoms with Gasteiger partial charge in [-0.25, -0.2) is 8.42 Å². The minimum Gasteiger partial charge on any atom is -0.396 e. The van der Waals surface area contributed by atoms with Crippen LogP contribution in [0.5, 0.6) is 0 Å². The van der Waals surface area contributed by atoms with Crippen LogP contribution in [0.15, 0.2) is 0 Å². The molecule has 1 rings (SSSR count). The standard InChI is InChI=1S/C12H25NO3S/c1-12(2,3)10-17(15,16)13(8-5-9-14)11-6-4-7-11/h11,14H,4-10H2,1-3H3. The minimum atomic E-state index is -3.19. The van der Waals surface area contributed by atoms with Gasteiger partial charge in [-0.05, 0) is 24.7 Å². The van der Waals surface area contributed by atoms with Gasteiger partial charge in [0.25, 0.3) is 0 Å². The molecular weight excluding hydrogens is 238 g/mol. The SMILES string of the molecule is CC(C)(C)CS(=O)(=O)N(CCCO)C1CCC1. The van der Waals surface area contributed by atoms with Gasteiger partial charge in [0.15, 0.2) is 0 Å². The maximum absolute atomic E-state index is 12.3. The van der Waals surface area contributed by atoms with Gasteiger partial charge in [-0.2, -0.15) is 4.31 Å². The smallest absolute Gasteiger partial charge is 0.214 e. The van der Waals surface area contributed by atoms with Gasteiger partial charge >= 0.3 is 0 Å². The summed E-state index contributed by atoms with van der Waals surface area (Å²) >= 11 is 0. The van der Waals surface area contributed by atoms with Gasteiger partial charge in [0.05, 0.1) is 5.75 Å². The highest BCUT2D eigenvalue weighted by atomic mass is 32.2. The molecular formula is C12H25NO3S. The molecule has 0 aliphatic heterocycles. The molecule has 1 fully saturated rings. The lowest BCUT2D eigenvalue weighted by Gasteiger charge is -2.37. The van der Waals surface area contributed by atoms with E-state index in [-0.39, 0.29) is 23.8 Å². The van der Waals surface area contributed by atoms with Crippen molar-refractivity contribution < 1.29 is 13.5 Å². The van der Waals surface area contributed by atoms with Gasteiger partial charge in [-0.1, -0.05) is 27.2 Å². The number of aliphatic hydroxyl groups is 1. The second-order valence-corrected chi connectivity index (χ2v) is 8.01. The van der Waals surface area contributed by atoms with E-state index in [9.17, 15) is 8.42 Å². The molecule has 0 radical (unpaired) electrons. The number of rotatable bonds is 6. The summed E-state index contributed by atoms with van der Waals surface area (Å²) in [6.45, 7) is 6.33. The van der Waals surface area contributed by atoms with Crippen LogP contribution in [0.2, 0.25) is 0 Å². The molecule has 4 nitrogen and oxygen atoms in total. The highest BCUT2D eigenvalue weighted by molar-refractivity contribution is 7.89. The average Bonchev–Trinajstić information content (AvgIpc) is 2.04. The van der Waals surface area contributed by atoms with E-state index in [2.05, 4.69) is 0 Å². The van der Waals surface area contributed by atoms with Crippen LogP contribution in [-0.2, 0) is 10.0 Å². The monoisotopic (exact) mass is 263 g/mol. The lowest BCUT2D eigenvalue weighted by molar-refractivity contribution is 0.197. The van der Waals surface area contributed by atoms with Crippen LogP contribution in [0.1, 0.15) is 46.5 Å². The first-order valence-corrected chi connectivity index (χ1v) is 7.97. The van der Waals surface area contributed by atoms with Crippen LogP contribution in [0, 0.1) is 5.41 Å². The molecule has 1 N–H and O–H groups in total. The lowest BCUT2D eigenvalue weighted by Crippen LogP contribution is -2.47. The van der Waals surface area contributed by atoms with Gasteiger partial charge in [-0.3, -0.25) is 0 Å². The molecule has 0 amide bonds. The molecule has 0 saturated heterocycles. The summed E-state index contributed by atoms with van der Waals surface area (Å²) in [5.41, 5.74) is -0.222. The van der Waals surface area contributed by atoms with Crippen molar-refractivity contribution in [3.05, 3.63) is 0 Å². The van der Waals surface area contributed by atoms with Crippen molar-refractivity contribution in [3.63, 3.8) is 0 Å². The van der Waals surface area contributed by atoms with Crippen LogP contribution < -0.4 is 0 Å². The fourth-order valence-electron chi connectivity index (χ4n) is 2.08. The van der Waals surface area contributed by atoms with Crippen LogP contribution >= 0.6 is 0 Å². The van der Waals surface area contributed by atoms with Crippen molar-refractivity contribution in [2.45, 2.75) is 52.5 Å². The maximum Gasteiger partial charge on any atom is 0.214 e. The summed E-state index contributed by atoms with van der Waals surface area (Å²) < 4.78 is 26.3. The van der Waals surface area contributed by atoms with Crippen molar-refractivity contribution >= 4 is 10.0 Å². The van der Waals surface area contributed by atoms with Crippen molar-refractivity contribution in [3.8, 4) is 0 Å². The Kier molecular flexibility index (Phi) is 4.98. The fourth-order valence-corrected chi connectivity index (χ4v) is 4.41. The quantitative estimate of drug-likeness (QED) is 0.792. The van der Waals surface area contributed by atoms with E-state index in [4.69, 9.17) is 5.11 Å². The van der Waals surface area contributed by atoms with Crippen LogP contribution in [0.4, 0.5) is 0 Å². The summed E-state index contributed by atoms with van der Waals surface area (Å²) in [5.74, 6) is 0.182. The second kappa shape index (κ2) is 5.67. The molecule has 0 aromatic heterocycles. The van der Waals surface area contributed by atoms with E-state index in [0.29, 0.717) is 13.0 Å². The zero-order chi connectivity index (χ0) is 13.1. The molecule has 102 valence electrons. The third kappa shape index (κ3) is 4.56. The first-order chi connectivity index (χ1) is 7.76. The topological polar surface area (TPSA) is 57.6 Å². The van der Waals surface area contributed by atoms with Crippen molar-refractivity contribution in [1.82, 2.24) is 4.31 Å². The van der Waals surface area contributed by atoms with E-state index >= 15 is 0 Å². The van der Waals surface area contributed by atoms with E-state index in [1.54, 1.807) is 4.31 Å². The van der Waals surface area contributed by atoms with E-state index in [0.717, 1.165) is 19.3 Å². The van der Waals surface area contributed by atoms with Gasteiger partial charge in [-0.15, -0.1) is 0 Å². The number of aliphatic hydroxyl groups excluding tert-OH is 1. The molecule has 0 atom stereocenters. The molecule has 1 aliphatic carbocycles. The van der Waals surface area contributed by atoms with Crippen molar-refractivity contribution in [2.24, 2.45) is 5.41 Å². The van der Waals surface area contributed by atoms with Crippen molar-refractivity contribution in [1.29, 1.82) is 0 Å². The number of hydrogen-bond donors (Lipinski definition) is 1. The van der Waals surface area contributed by atoms with Crippen molar-refractivity contribution in [2.75, 3.05) is 18.9 Å². The Labute approximate surface area is 105 Å². The van der Waals surface area contributed by atoms with Gasteiger partial charge in [0.1, 0.15) is 0 Å². The first kappa shape index (κ1) is 14.9. The molecule has 0 aromatic rings. The first-order valence-electron chi connectivity index (χ1n) is 6.37.